The maximum Gasteiger partial charge on any atom is 0.335 e. The van der Waals surface area contributed by atoms with Gasteiger partial charge >= 0.3 is 11.9 Å². The van der Waals surface area contributed by atoms with E-state index in [1.54, 1.807) is 4.90 Å². The average molecular weight is 774 g/mol. The molecule has 322 valence electrons. The summed E-state index contributed by atoms with van der Waals surface area (Å²) in [5.74, 6) is -1.11. The van der Waals surface area contributed by atoms with Gasteiger partial charge in [-0.1, -0.05) is 156 Å². The topological polar surface area (TPSA) is 157 Å². The molecule has 0 radical (unpaired) electrons. The van der Waals surface area contributed by atoms with Gasteiger partial charge in [0.1, 0.15) is 6.10 Å². The summed E-state index contributed by atoms with van der Waals surface area (Å²) in [5.41, 5.74) is 0. The summed E-state index contributed by atoms with van der Waals surface area (Å²) in [7, 11) is 0. The normalized spacial score (nSPS) is 13.5. The van der Waals surface area contributed by atoms with Crippen molar-refractivity contribution >= 4 is 11.9 Å². The Morgan fingerprint density at radius 2 is 0.796 bits per heavy atom. The molecule has 0 heterocycles. The number of esters is 2. The van der Waals surface area contributed by atoms with E-state index in [2.05, 4.69) is 20.8 Å². The third-order valence-electron chi connectivity index (χ3n) is 10.6. The first-order valence-electron chi connectivity index (χ1n) is 22.7. The quantitative estimate of drug-likeness (QED) is 0.0231. The van der Waals surface area contributed by atoms with E-state index in [0.29, 0.717) is 51.8 Å². The second kappa shape index (κ2) is 38.6. The van der Waals surface area contributed by atoms with Gasteiger partial charge < -0.3 is 35.0 Å². The molecule has 0 aromatic heterocycles. The third-order valence-corrected chi connectivity index (χ3v) is 10.6. The molecule has 0 saturated heterocycles. The maximum atomic E-state index is 12.8. The van der Waals surface area contributed by atoms with E-state index >= 15 is 0 Å². The molecular formula is C44H87NO9. The predicted octanol–water partition coefficient (Wildman–Crippen LogP) is 9.25. The zero-order chi connectivity index (χ0) is 40.1. The van der Waals surface area contributed by atoms with Crippen LogP contribution in [0.25, 0.3) is 0 Å². The third kappa shape index (κ3) is 31.9. The van der Waals surface area contributed by atoms with Gasteiger partial charge in [0.2, 0.25) is 0 Å². The number of carbonyl (C=O) groups is 2. The number of rotatable bonds is 41. The summed E-state index contributed by atoms with van der Waals surface area (Å²) in [6, 6.07) is 0. The van der Waals surface area contributed by atoms with E-state index in [9.17, 15) is 35.1 Å². The van der Waals surface area contributed by atoms with Crippen molar-refractivity contribution in [1.29, 1.82) is 0 Å². The standard InChI is InChI=1S/C44H87NO9/c1-4-7-10-13-16-17-18-23-30-37-53-43(51)39(46)34-27-29-36-45(41(48)42(49)50)35-28-22-21-26-33-40(47)44(52)54-38(31-24-19-14-11-8-5-2)32-25-20-15-12-9-6-3/h38-42,46-50H,4-37H2,1-3H3. The molecule has 0 fully saturated rings. The molecule has 10 heteroatoms. The van der Waals surface area contributed by atoms with Crippen LogP contribution in [0.15, 0.2) is 0 Å². The lowest BCUT2D eigenvalue weighted by Crippen LogP contribution is -2.44. The molecule has 0 rings (SSSR count). The minimum Gasteiger partial charge on any atom is -0.464 e. The zero-order valence-corrected chi connectivity index (χ0v) is 35.2. The molecule has 5 N–H and O–H groups in total. The van der Waals surface area contributed by atoms with Crippen molar-refractivity contribution in [3.63, 3.8) is 0 Å². The lowest BCUT2D eigenvalue weighted by molar-refractivity contribution is -0.179. The first-order valence-corrected chi connectivity index (χ1v) is 22.7. The molecule has 0 aliphatic heterocycles. The Morgan fingerprint density at radius 1 is 0.444 bits per heavy atom. The number of aliphatic hydroxyl groups excluding tert-OH is 4. The van der Waals surface area contributed by atoms with Crippen LogP contribution in [0.5, 0.6) is 0 Å². The molecule has 0 aliphatic rings. The zero-order valence-electron chi connectivity index (χ0n) is 35.2. The van der Waals surface area contributed by atoms with Crippen molar-refractivity contribution in [2.24, 2.45) is 0 Å². The summed E-state index contributed by atoms with van der Waals surface area (Å²) in [4.78, 5) is 26.6. The van der Waals surface area contributed by atoms with Crippen LogP contribution >= 0.6 is 0 Å². The highest BCUT2D eigenvalue weighted by Crippen LogP contribution is 2.19. The van der Waals surface area contributed by atoms with Gasteiger partial charge in [-0.25, -0.2) is 9.59 Å². The monoisotopic (exact) mass is 774 g/mol. The molecule has 10 nitrogen and oxygen atoms in total. The number of nitrogens with zero attached hydrogens (tertiary/aromatic N) is 1. The lowest BCUT2D eigenvalue weighted by Gasteiger charge is -2.29. The second-order valence-electron chi connectivity index (χ2n) is 15.8. The second-order valence-corrected chi connectivity index (χ2v) is 15.8. The summed E-state index contributed by atoms with van der Waals surface area (Å²) < 4.78 is 11.1. The SMILES string of the molecule is CCCCCCCCCCCOC(=O)C(O)CCCCN(CCCCCCC(O)C(=O)OC(CCCCCCCC)CCCCCCCC)C(O)C(O)O. The minimum absolute atomic E-state index is 0.129. The largest absolute Gasteiger partial charge is 0.464 e. The van der Waals surface area contributed by atoms with Gasteiger partial charge in [0, 0.05) is 13.1 Å². The Balaban J connectivity index is 4.37. The van der Waals surface area contributed by atoms with Gasteiger partial charge in [-0.2, -0.15) is 0 Å². The van der Waals surface area contributed by atoms with Gasteiger partial charge in [0.05, 0.1) is 6.61 Å². The first-order chi connectivity index (χ1) is 26.2. The van der Waals surface area contributed by atoms with E-state index in [1.807, 2.05) is 0 Å². The Kier molecular flexibility index (Phi) is 37.6. The van der Waals surface area contributed by atoms with E-state index in [-0.39, 0.29) is 12.5 Å². The van der Waals surface area contributed by atoms with Crippen molar-refractivity contribution in [3.05, 3.63) is 0 Å². The highest BCUT2D eigenvalue weighted by molar-refractivity contribution is 5.74. The van der Waals surface area contributed by atoms with Crippen LogP contribution < -0.4 is 0 Å². The van der Waals surface area contributed by atoms with E-state index in [1.165, 1.54) is 89.9 Å². The minimum atomic E-state index is -1.90. The Morgan fingerprint density at radius 3 is 1.26 bits per heavy atom. The summed E-state index contributed by atoms with van der Waals surface area (Å²) in [6.07, 6.45) is 25.4. The Hall–Kier alpha value is -1.30. The summed E-state index contributed by atoms with van der Waals surface area (Å²) in [5, 5.41) is 50.3. The maximum absolute atomic E-state index is 12.8. The molecule has 54 heavy (non-hydrogen) atoms. The number of aliphatic hydroxyl groups is 5. The van der Waals surface area contributed by atoms with Crippen molar-refractivity contribution in [1.82, 2.24) is 4.90 Å². The van der Waals surface area contributed by atoms with E-state index < -0.39 is 36.7 Å². The van der Waals surface area contributed by atoms with E-state index in [4.69, 9.17) is 9.47 Å². The van der Waals surface area contributed by atoms with Crippen LogP contribution in [-0.4, -0.2) is 92.9 Å². The van der Waals surface area contributed by atoms with Crippen LogP contribution in [0, 0.1) is 0 Å². The number of hydrogen-bond donors (Lipinski definition) is 5. The Bertz CT molecular complexity index is 814. The summed E-state index contributed by atoms with van der Waals surface area (Å²) in [6.45, 7) is 7.78. The van der Waals surface area contributed by atoms with Gasteiger partial charge in [-0.15, -0.1) is 0 Å². The smallest absolute Gasteiger partial charge is 0.335 e. The van der Waals surface area contributed by atoms with Crippen molar-refractivity contribution in [3.8, 4) is 0 Å². The molecule has 3 atom stereocenters. The van der Waals surface area contributed by atoms with E-state index in [0.717, 1.165) is 70.6 Å². The van der Waals surface area contributed by atoms with Crippen LogP contribution in [0.3, 0.4) is 0 Å². The van der Waals surface area contributed by atoms with Crippen molar-refractivity contribution < 1.29 is 44.6 Å². The van der Waals surface area contributed by atoms with Gasteiger partial charge in [-0.3, -0.25) is 4.90 Å². The highest BCUT2D eigenvalue weighted by atomic mass is 16.6. The van der Waals surface area contributed by atoms with Crippen LogP contribution in [0.2, 0.25) is 0 Å². The van der Waals surface area contributed by atoms with Crippen molar-refractivity contribution in [2.75, 3.05) is 19.7 Å². The average Bonchev–Trinajstić information content (AvgIpc) is 3.16. The van der Waals surface area contributed by atoms with Gasteiger partial charge in [-0.05, 0) is 64.2 Å². The van der Waals surface area contributed by atoms with Gasteiger partial charge in [0.25, 0.3) is 0 Å². The lowest BCUT2D eigenvalue weighted by atomic mass is 10.0. The fourth-order valence-electron chi connectivity index (χ4n) is 6.95. The molecule has 0 spiro atoms. The first kappa shape index (κ1) is 52.7. The number of carbonyl (C=O) groups excluding carboxylic acids is 2. The number of ether oxygens (including phenoxy) is 2. The predicted molar refractivity (Wildman–Crippen MR) is 219 cm³/mol. The molecule has 0 amide bonds. The molecular weight excluding hydrogens is 686 g/mol. The van der Waals surface area contributed by atoms with Crippen LogP contribution in [-0.2, 0) is 19.1 Å². The van der Waals surface area contributed by atoms with Crippen LogP contribution in [0.1, 0.15) is 220 Å². The fraction of sp³-hybridized carbons (Fsp3) is 0.955. The van der Waals surface area contributed by atoms with Crippen LogP contribution in [0.4, 0.5) is 0 Å². The molecule has 0 aliphatic carbocycles. The molecule has 0 aromatic carbocycles. The molecule has 0 bridgehead atoms. The molecule has 0 aromatic rings. The number of unbranched alkanes of at least 4 members (excludes halogenated alkanes) is 22. The number of hydrogen-bond acceptors (Lipinski definition) is 10. The highest BCUT2D eigenvalue weighted by Gasteiger charge is 2.23. The Labute approximate surface area is 331 Å². The fourth-order valence-corrected chi connectivity index (χ4v) is 6.95. The van der Waals surface area contributed by atoms with Crippen molar-refractivity contribution in [2.45, 2.75) is 251 Å². The molecule has 0 saturated carbocycles. The summed E-state index contributed by atoms with van der Waals surface area (Å²) >= 11 is 0. The van der Waals surface area contributed by atoms with Gasteiger partial charge in [0.15, 0.2) is 24.7 Å². The molecule has 3 unspecified atom stereocenters.